The molecule has 2 aromatic carbocycles. The van der Waals surface area contributed by atoms with Crippen molar-refractivity contribution in [1.82, 2.24) is 5.01 Å². The van der Waals surface area contributed by atoms with E-state index < -0.39 is 17.8 Å². The second-order valence-electron chi connectivity index (χ2n) is 6.69. The van der Waals surface area contributed by atoms with Crippen LogP contribution in [-0.4, -0.2) is 48.3 Å². The number of aldehydes is 1. The standard InChI is InChI=1S/C21H20ClF2N5O3/c1-13(20(27-31-3)16-9-8-15(23)10-17(16)24)26-32-12-14-6-4-5-7-18(14)29-19(11-30)28(2)25-21(29)22/h4-11,19H,12H2,1-3H3/b26-13+,27-20-. The summed E-state index contributed by atoms with van der Waals surface area (Å²) in [6.45, 7) is 1.56. The number of benzene rings is 2. The average molecular weight is 464 g/mol. The molecule has 2 aromatic rings. The first-order chi connectivity index (χ1) is 15.4. The van der Waals surface area contributed by atoms with Crippen LogP contribution in [0.1, 0.15) is 18.1 Å². The van der Waals surface area contributed by atoms with Gasteiger partial charge in [-0.15, -0.1) is 5.10 Å². The molecule has 0 spiro atoms. The van der Waals surface area contributed by atoms with Gasteiger partial charge in [0.25, 0.3) is 0 Å². The monoisotopic (exact) mass is 463 g/mol. The van der Waals surface area contributed by atoms with Crippen molar-refractivity contribution >= 4 is 40.3 Å². The number of para-hydroxylation sites is 1. The van der Waals surface area contributed by atoms with Gasteiger partial charge in [-0.25, -0.2) is 8.78 Å². The number of likely N-dealkylation sites (N-methyl/N-ethyl adjacent to an activating group) is 1. The molecule has 11 heteroatoms. The van der Waals surface area contributed by atoms with Crippen LogP contribution in [0.2, 0.25) is 0 Å². The van der Waals surface area contributed by atoms with Gasteiger partial charge in [-0.2, -0.15) is 0 Å². The van der Waals surface area contributed by atoms with Gasteiger partial charge in [0.2, 0.25) is 5.29 Å². The second kappa shape index (κ2) is 10.2. The molecule has 1 aliphatic heterocycles. The van der Waals surface area contributed by atoms with Gasteiger partial charge in [0, 0.05) is 24.2 Å². The molecule has 32 heavy (non-hydrogen) atoms. The summed E-state index contributed by atoms with van der Waals surface area (Å²) < 4.78 is 27.4. The van der Waals surface area contributed by atoms with Gasteiger partial charge in [0.1, 0.15) is 36.8 Å². The van der Waals surface area contributed by atoms with Crippen LogP contribution in [0.4, 0.5) is 14.5 Å². The van der Waals surface area contributed by atoms with Crippen molar-refractivity contribution in [3.05, 3.63) is 65.2 Å². The lowest BCUT2D eigenvalue weighted by molar-refractivity contribution is -0.111. The Labute approximate surface area is 188 Å². The Morgan fingerprint density at radius 1 is 1.25 bits per heavy atom. The lowest BCUT2D eigenvalue weighted by Crippen LogP contribution is -2.41. The molecule has 168 valence electrons. The van der Waals surface area contributed by atoms with Crippen LogP contribution in [0.15, 0.2) is 57.9 Å². The van der Waals surface area contributed by atoms with Crippen molar-refractivity contribution in [2.24, 2.45) is 15.4 Å². The third kappa shape index (κ3) is 4.86. The van der Waals surface area contributed by atoms with Gasteiger partial charge in [0.05, 0.1) is 5.69 Å². The Hall–Kier alpha value is -3.53. The van der Waals surface area contributed by atoms with Crippen molar-refractivity contribution in [3.63, 3.8) is 0 Å². The molecular weight excluding hydrogens is 444 g/mol. The van der Waals surface area contributed by atoms with E-state index in [-0.39, 0.29) is 28.9 Å². The Morgan fingerprint density at radius 2 is 2.00 bits per heavy atom. The fourth-order valence-corrected chi connectivity index (χ4v) is 3.41. The van der Waals surface area contributed by atoms with Crippen molar-refractivity contribution in [2.75, 3.05) is 19.1 Å². The van der Waals surface area contributed by atoms with Gasteiger partial charge >= 0.3 is 0 Å². The summed E-state index contributed by atoms with van der Waals surface area (Å²) in [6, 6.07) is 10.2. The number of hydrogen-bond donors (Lipinski definition) is 0. The summed E-state index contributed by atoms with van der Waals surface area (Å²) in [4.78, 5) is 23.3. The first kappa shape index (κ1) is 23.1. The molecule has 1 heterocycles. The molecule has 3 rings (SSSR count). The Morgan fingerprint density at radius 3 is 2.69 bits per heavy atom. The normalized spacial score (nSPS) is 16.8. The maximum atomic E-state index is 14.2. The lowest BCUT2D eigenvalue weighted by Gasteiger charge is -2.26. The average Bonchev–Trinajstić information content (AvgIpc) is 3.05. The van der Waals surface area contributed by atoms with Crippen molar-refractivity contribution < 1.29 is 23.3 Å². The van der Waals surface area contributed by atoms with Crippen molar-refractivity contribution in [3.8, 4) is 0 Å². The molecule has 0 fully saturated rings. The predicted molar refractivity (Wildman–Crippen MR) is 118 cm³/mol. The number of halogens is 3. The zero-order valence-electron chi connectivity index (χ0n) is 17.5. The number of nitrogens with zero attached hydrogens (tertiary/aromatic N) is 5. The van der Waals surface area contributed by atoms with E-state index in [1.807, 2.05) is 0 Å². The SMILES string of the molecule is CO/N=C(/C(C)=N/OCc1ccccc1N1C(Cl)=NN(C)C1C=O)c1ccc(F)cc1F. The van der Waals surface area contributed by atoms with Crippen LogP contribution < -0.4 is 4.90 Å². The summed E-state index contributed by atoms with van der Waals surface area (Å²) in [6.07, 6.45) is 0.0274. The number of oxime groups is 2. The van der Waals surface area contributed by atoms with E-state index in [1.54, 1.807) is 43.1 Å². The molecule has 0 aromatic heterocycles. The fraction of sp³-hybridized carbons (Fsp3) is 0.238. The molecule has 0 radical (unpaired) electrons. The highest BCUT2D eigenvalue weighted by atomic mass is 35.5. The molecule has 0 amide bonds. The Balaban J connectivity index is 1.82. The van der Waals surface area contributed by atoms with Crippen LogP contribution in [0.3, 0.4) is 0 Å². The van der Waals surface area contributed by atoms with E-state index in [4.69, 9.17) is 21.3 Å². The van der Waals surface area contributed by atoms with E-state index in [0.29, 0.717) is 11.3 Å². The Kier molecular flexibility index (Phi) is 7.37. The van der Waals surface area contributed by atoms with Gasteiger partial charge in [-0.3, -0.25) is 14.7 Å². The fourth-order valence-electron chi connectivity index (χ4n) is 3.10. The van der Waals surface area contributed by atoms with Crippen molar-refractivity contribution in [1.29, 1.82) is 0 Å². The zero-order valence-corrected chi connectivity index (χ0v) is 18.3. The molecule has 1 unspecified atom stereocenters. The summed E-state index contributed by atoms with van der Waals surface area (Å²) in [5.74, 6) is -1.53. The molecule has 0 saturated carbocycles. The minimum atomic E-state index is -0.812. The predicted octanol–water partition coefficient (Wildman–Crippen LogP) is 3.69. The zero-order chi connectivity index (χ0) is 23.3. The van der Waals surface area contributed by atoms with E-state index in [2.05, 4.69) is 15.4 Å². The largest absolute Gasteiger partial charge is 0.399 e. The van der Waals surface area contributed by atoms with Crippen LogP contribution in [0.5, 0.6) is 0 Å². The van der Waals surface area contributed by atoms with Gasteiger partial charge < -0.3 is 9.68 Å². The third-order valence-electron chi connectivity index (χ3n) is 4.59. The van der Waals surface area contributed by atoms with Crippen LogP contribution in [0, 0.1) is 11.6 Å². The van der Waals surface area contributed by atoms with Gasteiger partial charge in [0.15, 0.2) is 12.5 Å². The van der Waals surface area contributed by atoms with E-state index in [1.165, 1.54) is 18.2 Å². The molecular formula is C21H20ClF2N5O3. The van der Waals surface area contributed by atoms with Crippen LogP contribution >= 0.6 is 11.6 Å². The number of amidine groups is 1. The number of hydrazone groups is 1. The molecule has 0 aliphatic carbocycles. The lowest BCUT2D eigenvalue weighted by atomic mass is 10.1. The Bertz CT molecular complexity index is 1090. The third-order valence-corrected chi connectivity index (χ3v) is 4.85. The van der Waals surface area contributed by atoms with E-state index in [9.17, 15) is 13.6 Å². The number of rotatable bonds is 8. The summed E-state index contributed by atoms with van der Waals surface area (Å²) in [5, 5.41) is 13.5. The molecule has 0 bridgehead atoms. The minimum absolute atomic E-state index is 0.00956. The summed E-state index contributed by atoms with van der Waals surface area (Å²) >= 11 is 6.22. The highest BCUT2D eigenvalue weighted by Crippen LogP contribution is 2.29. The number of carbonyl (C=O) groups is 1. The summed E-state index contributed by atoms with van der Waals surface area (Å²) in [5.41, 5.74) is 1.57. The molecule has 0 saturated heterocycles. The first-order valence-corrected chi connectivity index (χ1v) is 9.78. The number of hydrogen-bond acceptors (Lipinski definition) is 8. The smallest absolute Gasteiger partial charge is 0.223 e. The van der Waals surface area contributed by atoms with Crippen LogP contribution in [-0.2, 0) is 21.1 Å². The minimum Gasteiger partial charge on any atom is -0.399 e. The first-order valence-electron chi connectivity index (χ1n) is 9.40. The molecule has 8 nitrogen and oxygen atoms in total. The highest BCUT2D eigenvalue weighted by molar-refractivity contribution is 6.68. The van der Waals surface area contributed by atoms with Crippen LogP contribution in [0.25, 0.3) is 0 Å². The maximum Gasteiger partial charge on any atom is 0.223 e. The molecule has 1 atom stereocenters. The van der Waals surface area contributed by atoms with E-state index in [0.717, 1.165) is 18.4 Å². The van der Waals surface area contributed by atoms with Crippen molar-refractivity contribution in [2.45, 2.75) is 19.7 Å². The van der Waals surface area contributed by atoms with E-state index >= 15 is 0 Å². The number of carbonyl (C=O) groups excluding carboxylic acids is 1. The maximum absolute atomic E-state index is 14.2. The highest BCUT2D eigenvalue weighted by Gasteiger charge is 2.33. The van der Waals surface area contributed by atoms with Gasteiger partial charge in [-0.1, -0.05) is 28.5 Å². The molecule has 1 aliphatic rings. The molecule has 0 N–H and O–H groups in total. The number of anilines is 1. The van der Waals surface area contributed by atoms with Gasteiger partial charge in [-0.05, 0) is 36.7 Å². The quantitative estimate of drug-likeness (QED) is 0.258. The second-order valence-corrected chi connectivity index (χ2v) is 7.03. The summed E-state index contributed by atoms with van der Waals surface area (Å²) in [7, 11) is 2.94. The topological polar surface area (TPSA) is 79.1 Å².